The largest absolute Gasteiger partial charge is 0.307 e. The number of benzene rings is 1. The van der Waals surface area contributed by atoms with E-state index in [0.29, 0.717) is 17.1 Å². The summed E-state index contributed by atoms with van der Waals surface area (Å²) in [5, 5.41) is 1.88. The van der Waals surface area contributed by atoms with Gasteiger partial charge in [0.05, 0.1) is 4.88 Å². The summed E-state index contributed by atoms with van der Waals surface area (Å²) in [7, 11) is -3.54. The second-order valence-electron chi connectivity index (χ2n) is 5.45. The van der Waals surface area contributed by atoms with Gasteiger partial charge in [0.2, 0.25) is 10.0 Å². The van der Waals surface area contributed by atoms with E-state index >= 15 is 0 Å². The summed E-state index contributed by atoms with van der Waals surface area (Å²) < 4.78 is 26.0. The fourth-order valence-corrected chi connectivity index (χ4v) is 4.18. The Morgan fingerprint density at radius 3 is 2.92 bits per heavy atom. The lowest BCUT2D eigenvalue weighted by atomic mass is 10.0. The molecule has 0 fully saturated rings. The Hall–Kier alpha value is -2.30. The number of thiophene rings is 1. The van der Waals surface area contributed by atoms with Crippen molar-refractivity contribution in [2.45, 2.75) is 12.8 Å². The molecule has 0 aliphatic carbocycles. The zero-order valence-electron chi connectivity index (χ0n) is 12.9. The molecule has 2 aromatic rings. The molecule has 3 rings (SSSR count). The highest BCUT2D eigenvalue weighted by Crippen LogP contribution is 2.31. The van der Waals surface area contributed by atoms with E-state index in [1.165, 1.54) is 11.3 Å². The minimum Gasteiger partial charge on any atom is -0.307 e. The smallest absolute Gasteiger partial charge is 0.268 e. The van der Waals surface area contributed by atoms with Crippen molar-refractivity contribution in [1.82, 2.24) is 0 Å². The molecule has 0 atom stereocenters. The molecule has 2 heterocycles. The minimum atomic E-state index is -3.54. The standard InChI is InChI=1S/C17H16N2O3S2/c1-2-11-24(21,22)18-14-7-8-15-13(12-14)5-3-9-19(15)17(20)16-6-4-10-23-16/h1,4,6-8,10,12,18H,3,5,9,11H2. The summed E-state index contributed by atoms with van der Waals surface area (Å²) in [6, 6.07) is 8.88. The Morgan fingerprint density at radius 1 is 1.38 bits per heavy atom. The lowest BCUT2D eigenvalue weighted by molar-refractivity contribution is 0.0989. The lowest BCUT2D eigenvalue weighted by Crippen LogP contribution is -2.35. The summed E-state index contributed by atoms with van der Waals surface area (Å²) in [5.41, 5.74) is 2.25. The van der Waals surface area contributed by atoms with Crippen LogP contribution in [0.1, 0.15) is 21.7 Å². The van der Waals surface area contributed by atoms with Crippen LogP contribution < -0.4 is 9.62 Å². The van der Waals surface area contributed by atoms with E-state index in [1.54, 1.807) is 23.1 Å². The number of anilines is 2. The van der Waals surface area contributed by atoms with E-state index < -0.39 is 10.0 Å². The van der Waals surface area contributed by atoms with Crippen LogP contribution in [0.15, 0.2) is 35.7 Å². The fraction of sp³-hybridized carbons (Fsp3) is 0.235. The Morgan fingerprint density at radius 2 is 2.21 bits per heavy atom. The molecule has 0 spiro atoms. The van der Waals surface area contributed by atoms with Gasteiger partial charge in [-0.15, -0.1) is 17.8 Å². The number of hydrogen-bond acceptors (Lipinski definition) is 4. The van der Waals surface area contributed by atoms with Crippen LogP contribution in [0.3, 0.4) is 0 Å². The monoisotopic (exact) mass is 360 g/mol. The molecule has 1 aliphatic rings. The predicted octanol–water partition coefficient (Wildman–Crippen LogP) is 2.72. The molecule has 0 unspecified atom stereocenters. The zero-order valence-corrected chi connectivity index (χ0v) is 14.5. The number of nitrogens with zero attached hydrogens (tertiary/aromatic N) is 1. The second kappa shape index (κ2) is 6.67. The first-order valence-electron chi connectivity index (χ1n) is 7.42. The number of terminal acetylenes is 1. The molecule has 7 heteroatoms. The molecule has 0 saturated carbocycles. The summed E-state index contributed by atoms with van der Waals surface area (Å²) >= 11 is 1.41. The molecule has 1 amide bonds. The van der Waals surface area contributed by atoms with E-state index in [-0.39, 0.29) is 11.7 Å². The van der Waals surface area contributed by atoms with Crippen molar-refractivity contribution < 1.29 is 13.2 Å². The number of amides is 1. The highest BCUT2D eigenvalue weighted by molar-refractivity contribution is 7.92. The van der Waals surface area contributed by atoms with Crippen LogP contribution in [0.2, 0.25) is 0 Å². The third-order valence-corrected chi connectivity index (χ3v) is 5.67. The fourth-order valence-electron chi connectivity index (χ4n) is 2.73. The van der Waals surface area contributed by atoms with Crippen molar-refractivity contribution in [2.24, 2.45) is 0 Å². The number of rotatable bonds is 4. The van der Waals surface area contributed by atoms with Gasteiger partial charge in [-0.2, -0.15) is 0 Å². The number of carbonyl (C=O) groups excluding carboxylic acids is 1. The van der Waals surface area contributed by atoms with Gasteiger partial charge >= 0.3 is 0 Å². The van der Waals surface area contributed by atoms with E-state index in [0.717, 1.165) is 24.1 Å². The third-order valence-electron chi connectivity index (χ3n) is 3.72. The third kappa shape index (κ3) is 3.45. The first-order chi connectivity index (χ1) is 11.5. The maximum absolute atomic E-state index is 12.6. The number of carbonyl (C=O) groups is 1. The van der Waals surface area contributed by atoms with Gasteiger partial charge in [0.15, 0.2) is 0 Å². The van der Waals surface area contributed by atoms with Gasteiger partial charge in [0, 0.05) is 17.9 Å². The molecule has 1 aromatic heterocycles. The maximum atomic E-state index is 12.6. The number of nitrogens with one attached hydrogen (secondary N) is 1. The average molecular weight is 360 g/mol. The first-order valence-corrected chi connectivity index (χ1v) is 9.95. The summed E-state index contributed by atoms with van der Waals surface area (Å²) in [5.74, 6) is 1.74. The number of hydrogen-bond donors (Lipinski definition) is 1. The van der Waals surface area contributed by atoms with E-state index in [1.807, 2.05) is 17.5 Å². The first kappa shape index (κ1) is 16.6. The summed E-state index contributed by atoms with van der Waals surface area (Å²) in [4.78, 5) is 15.1. The molecule has 0 radical (unpaired) electrons. The van der Waals surface area contributed by atoms with Crippen LogP contribution in [-0.2, 0) is 16.4 Å². The van der Waals surface area contributed by atoms with Gasteiger partial charge in [-0.3, -0.25) is 9.52 Å². The van der Waals surface area contributed by atoms with Gasteiger partial charge in [0.25, 0.3) is 5.91 Å². The van der Waals surface area contributed by atoms with Gasteiger partial charge in [-0.1, -0.05) is 12.0 Å². The van der Waals surface area contributed by atoms with Crippen molar-refractivity contribution in [1.29, 1.82) is 0 Å². The quantitative estimate of drug-likeness (QED) is 0.853. The van der Waals surface area contributed by atoms with Crippen LogP contribution in [0.25, 0.3) is 0 Å². The predicted molar refractivity (Wildman–Crippen MR) is 97.0 cm³/mol. The molecule has 1 N–H and O–H groups in total. The van der Waals surface area contributed by atoms with Crippen molar-refractivity contribution in [2.75, 3.05) is 21.9 Å². The van der Waals surface area contributed by atoms with E-state index in [4.69, 9.17) is 6.42 Å². The molecule has 5 nitrogen and oxygen atoms in total. The Labute approximate surface area is 145 Å². The topological polar surface area (TPSA) is 66.5 Å². The van der Waals surface area contributed by atoms with Crippen molar-refractivity contribution in [3.8, 4) is 12.3 Å². The molecular formula is C17H16N2O3S2. The number of aryl methyl sites for hydroxylation is 1. The van der Waals surface area contributed by atoms with Crippen LogP contribution in [0.5, 0.6) is 0 Å². The van der Waals surface area contributed by atoms with E-state index in [2.05, 4.69) is 10.6 Å². The van der Waals surface area contributed by atoms with Crippen LogP contribution in [0.4, 0.5) is 11.4 Å². The van der Waals surface area contributed by atoms with Gasteiger partial charge in [-0.25, -0.2) is 8.42 Å². The highest BCUT2D eigenvalue weighted by atomic mass is 32.2. The number of fused-ring (bicyclic) bond motifs is 1. The molecular weight excluding hydrogens is 344 g/mol. The van der Waals surface area contributed by atoms with Gasteiger partial charge in [-0.05, 0) is 48.1 Å². The summed E-state index contributed by atoms with van der Waals surface area (Å²) in [6.07, 6.45) is 6.70. The molecule has 0 bridgehead atoms. The Bertz CT molecular complexity index is 896. The van der Waals surface area contributed by atoms with Gasteiger partial charge in [0.1, 0.15) is 5.75 Å². The van der Waals surface area contributed by atoms with Crippen molar-refractivity contribution >= 4 is 38.6 Å². The van der Waals surface area contributed by atoms with Crippen LogP contribution in [-0.4, -0.2) is 26.6 Å². The number of sulfonamides is 1. The van der Waals surface area contributed by atoms with Crippen molar-refractivity contribution in [3.05, 3.63) is 46.2 Å². The van der Waals surface area contributed by atoms with Gasteiger partial charge < -0.3 is 4.90 Å². The van der Waals surface area contributed by atoms with Crippen LogP contribution in [0, 0.1) is 12.3 Å². The molecule has 1 aliphatic heterocycles. The SMILES string of the molecule is C#CCS(=O)(=O)Nc1ccc2c(c1)CCCN2C(=O)c1cccs1. The Balaban J connectivity index is 1.88. The lowest BCUT2D eigenvalue weighted by Gasteiger charge is -2.29. The summed E-state index contributed by atoms with van der Waals surface area (Å²) in [6.45, 7) is 0.659. The zero-order chi connectivity index (χ0) is 17.2. The van der Waals surface area contributed by atoms with Crippen molar-refractivity contribution in [3.63, 3.8) is 0 Å². The normalized spacial score (nSPS) is 13.9. The second-order valence-corrected chi connectivity index (χ2v) is 8.12. The molecule has 24 heavy (non-hydrogen) atoms. The minimum absolute atomic E-state index is 0.0217. The van der Waals surface area contributed by atoms with Crippen LogP contribution >= 0.6 is 11.3 Å². The maximum Gasteiger partial charge on any atom is 0.268 e. The highest BCUT2D eigenvalue weighted by Gasteiger charge is 2.24. The Kier molecular flexibility index (Phi) is 4.60. The average Bonchev–Trinajstić information content (AvgIpc) is 3.07. The molecule has 124 valence electrons. The molecule has 0 saturated heterocycles. The van der Waals surface area contributed by atoms with E-state index in [9.17, 15) is 13.2 Å². The molecule has 1 aromatic carbocycles.